The Bertz CT molecular complexity index is 806. The van der Waals surface area contributed by atoms with Crippen molar-refractivity contribution >= 4 is 23.4 Å². The standard InChI is InChI=1S/C18H20N4O4/c23-17(24)12-4-7-22(8-5-12)16-3-6-19-18(21-16)20-13-1-2-14-15(11-13)26-10-9-25-14/h1-3,6,11-12H,4-5,7-10H2,(H,23,24)(H,19,20,21). The van der Waals surface area contributed by atoms with Gasteiger partial charge in [0.1, 0.15) is 19.0 Å². The number of ether oxygens (including phenoxy) is 2. The molecular weight excluding hydrogens is 336 g/mol. The van der Waals surface area contributed by atoms with E-state index < -0.39 is 5.97 Å². The topological polar surface area (TPSA) is 96.8 Å². The van der Waals surface area contributed by atoms with Crippen LogP contribution in [-0.2, 0) is 4.79 Å². The number of aromatic nitrogens is 2. The molecule has 8 heteroatoms. The number of hydrogen-bond acceptors (Lipinski definition) is 7. The van der Waals surface area contributed by atoms with Gasteiger partial charge >= 0.3 is 5.97 Å². The molecule has 1 saturated heterocycles. The molecule has 0 atom stereocenters. The van der Waals surface area contributed by atoms with E-state index in [9.17, 15) is 4.79 Å². The van der Waals surface area contributed by atoms with Gasteiger partial charge < -0.3 is 24.8 Å². The maximum atomic E-state index is 11.1. The van der Waals surface area contributed by atoms with Crippen molar-refractivity contribution in [3.05, 3.63) is 30.5 Å². The van der Waals surface area contributed by atoms with E-state index in [0.717, 1.165) is 17.3 Å². The first kappa shape index (κ1) is 16.4. The summed E-state index contributed by atoms with van der Waals surface area (Å²) in [7, 11) is 0. The number of carboxylic acids is 1. The van der Waals surface area contributed by atoms with Gasteiger partial charge in [0.15, 0.2) is 11.5 Å². The van der Waals surface area contributed by atoms with Crippen molar-refractivity contribution < 1.29 is 19.4 Å². The highest BCUT2D eigenvalue weighted by Crippen LogP contribution is 2.33. The fourth-order valence-electron chi connectivity index (χ4n) is 3.19. The summed E-state index contributed by atoms with van der Waals surface area (Å²) in [6.07, 6.45) is 2.96. The first-order valence-corrected chi connectivity index (χ1v) is 8.66. The summed E-state index contributed by atoms with van der Waals surface area (Å²) in [5.41, 5.74) is 0.816. The summed E-state index contributed by atoms with van der Waals surface area (Å²) in [6.45, 7) is 2.45. The van der Waals surface area contributed by atoms with Gasteiger partial charge in [-0.1, -0.05) is 0 Å². The summed E-state index contributed by atoms with van der Waals surface area (Å²) >= 11 is 0. The molecule has 1 aromatic heterocycles. The average molecular weight is 356 g/mol. The highest BCUT2D eigenvalue weighted by molar-refractivity contribution is 5.70. The molecule has 0 amide bonds. The minimum absolute atomic E-state index is 0.261. The molecule has 2 aromatic rings. The molecule has 3 heterocycles. The number of anilines is 3. The van der Waals surface area contributed by atoms with Gasteiger partial charge in [0, 0.05) is 31.0 Å². The largest absolute Gasteiger partial charge is 0.486 e. The van der Waals surface area contributed by atoms with Gasteiger partial charge in [0.2, 0.25) is 5.95 Å². The fourth-order valence-corrected chi connectivity index (χ4v) is 3.19. The number of carbonyl (C=O) groups is 1. The van der Waals surface area contributed by atoms with Crippen LogP contribution in [0.3, 0.4) is 0 Å². The number of piperidine rings is 1. The SMILES string of the molecule is O=C(O)C1CCN(c2ccnc(Nc3ccc4c(c3)OCCO4)n2)CC1. The molecule has 136 valence electrons. The van der Waals surface area contributed by atoms with Crippen molar-refractivity contribution in [2.24, 2.45) is 5.92 Å². The summed E-state index contributed by atoms with van der Waals surface area (Å²) < 4.78 is 11.1. The van der Waals surface area contributed by atoms with Crippen LogP contribution in [0, 0.1) is 5.92 Å². The highest BCUT2D eigenvalue weighted by atomic mass is 16.6. The van der Waals surface area contributed by atoms with E-state index in [1.165, 1.54) is 0 Å². The molecule has 4 rings (SSSR count). The molecule has 8 nitrogen and oxygen atoms in total. The number of nitrogens with zero attached hydrogens (tertiary/aromatic N) is 3. The van der Waals surface area contributed by atoms with Gasteiger partial charge in [-0.05, 0) is 31.0 Å². The zero-order valence-electron chi connectivity index (χ0n) is 14.2. The Morgan fingerprint density at radius 2 is 1.92 bits per heavy atom. The number of hydrogen-bond donors (Lipinski definition) is 2. The first-order chi connectivity index (χ1) is 12.7. The summed E-state index contributed by atoms with van der Waals surface area (Å²) in [5, 5.41) is 12.3. The van der Waals surface area contributed by atoms with Crippen LogP contribution in [0.25, 0.3) is 0 Å². The molecule has 0 saturated carbocycles. The van der Waals surface area contributed by atoms with Crippen LogP contribution < -0.4 is 19.7 Å². The van der Waals surface area contributed by atoms with Gasteiger partial charge in [-0.15, -0.1) is 0 Å². The van der Waals surface area contributed by atoms with Crippen LogP contribution in [0.5, 0.6) is 11.5 Å². The molecular formula is C18H20N4O4. The molecule has 0 bridgehead atoms. The lowest BCUT2D eigenvalue weighted by Gasteiger charge is -2.31. The van der Waals surface area contributed by atoms with E-state index in [1.807, 2.05) is 24.3 Å². The van der Waals surface area contributed by atoms with Crippen molar-refractivity contribution in [3.63, 3.8) is 0 Å². The maximum absolute atomic E-state index is 11.1. The Labute approximate surface area is 150 Å². The highest BCUT2D eigenvalue weighted by Gasteiger charge is 2.25. The summed E-state index contributed by atoms with van der Waals surface area (Å²) in [6, 6.07) is 7.46. The van der Waals surface area contributed by atoms with Gasteiger partial charge in [-0.3, -0.25) is 4.79 Å². The maximum Gasteiger partial charge on any atom is 0.306 e. The molecule has 0 spiro atoms. The van der Waals surface area contributed by atoms with E-state index in [0.29, 0.717) is 50.8 Å². The number of rotatable bonds is 4. The van der Waals surface area contributed by atoms with E-state index in [4.69, 9.17) is 14.6 Å². The Morgan fingerprint density at radius 1 is 1.15 bits per heavy atom. The molecule has 0 aliphatic carbocycles. The molecule has 0 unspecified atom stereocenters. The van der Waals surface area contributed by atoms with Crippen LogP contribution in [0.4, 0.5) is 17.5 Å². The molecule has 0 radical (unpaired) electrons. The van der Waals surface area contributed by atoms with Crippen molar-refractivity contribution in [1.82, 2.24) is 9.97 Å². The number of aliphatic carboxylic acids is 1. The second-order valence-electron chi connectivity index (χ2n) is 6.32. The molecule has 26 heavy (non-hydrogen) atoms. The lowest BCUT2D eigenvalue weighted by atomic mass is 9.97. The number of nitrogens with one attached hydrogen (secondary N) is 1. The first-order valence-electron chi connectivity index (χ1n) is 8.66. The third-order valence-electron chi connectivity index (χ3n) is 4.61. The number of benzene rings is 1. The number of carboxylic acid groups (broad SMARTS) is 1. The van der Waals surface area contributed by atoms with E-state index in [1.54, 1.807) is 6.20 Å². The van der Waals surface area contributed by atoms with Crippen molar-refractivity contribution in [2.45, 2.75) is 12.8 Å². The monoisotopic (exact) mass is 356 g/mol. The van der Waals surface area contributed by atoms with Gasteiger partial charge in [-0.25, -0.2) is 4.98 Å². The van der Waals surface area contributed by atoms with Crippen LogP contribution in [0.2, 0.25) is 0 Å². The second-order valence-corrected chi connectivity index (χ2v) is 6.32. The minimum Gasteiger partial charge on any atom is -0.486 e. The number of fused-ring (bicyclic) bond motifs is 1. The van der Waals surface area contributed by atoms with Crippen molar-refractivity contribution in [2.75, 3.05) is 36.5 Å². The zero-order valence-corrected chi connectivity index (χ0v) is 14.2. The fraction of sp³-hybridized carbons (Fsp3) is 0.389. The Balaban J connectivity index is 1.45. The molecule has 1 fully saturated rings. The van der Waals surface area contributed by atoms with Gasteiger partial charge in [0.05, 0.1) is 5.92 Å². The van der Waals surface area contributed by atoms with Crippen LogP contribution in [0.1, 0.15) is 12.8 Å². The summed E-state index contributed by atoms with van der Waals surface area (Å²) in [5.74, 6) is 1.74. The van der Waals surface area contributed by atoms with Crippen LogP contribution in [-0.4, -0.2) is 47.3 Å². The normalized spacial score (nSPS) is 17.0. The Morgan fingerprint density at radius 3 is 2.69 bits per heavy atom. The van der Waals surface area contributed by atoms with Crippen molar-refractivity contribution in [3.8, 4) is 11.5 Å². The minimum atomic E-state index is -0.715. The lowest BCUT2D eigenvalue weighted by Crippen LogP contribution is -2.36. The quantitative estimate of drug-likeness (QED) is 0.861. The van der Waals surface area contributed by atoms with E-state index in [-0.39, 0.29) is 5.92 Å². The van der Waals surface area contributed by atoms with Crippen LogP contribution in [0.15, 0.2) is 30.5 Å². The average Bonchev–Trinajstić information content (AvgIpc) is 2.68. The van der Waals surface area contributed by atoms with Crippen LogP contribution >= 0.6 is 0 Å². The predicted octanol–water partition coefficient (Wildman–Crippen LogP) is 2.29. The molecule has 2 aliphatic rings. The Kier molecular flexibility index (Phi) is 4.47. The third-order valence-corrected chi connectivity index (χ3v) is 4.61. The summed E-state index contributed by atoms with van der Waals surface area (Å²) in [4.78, 5) is 22.0. The van der Waals surface area contributed by atoms with E-state index >= 15 is 0 Å². The molecule has 1 aromatic carbocycles. The lowest BCUT2D eigenvalue weighted by molar-refractivity contribution is -0.142. The second kappa shape index (κ2) is 7.07. The smallest absolute Gasteiger partial charge is 0.306 e. The van der Waals surface area contributed by atoms with Gasteiger partial charge in [-0.2, -0.15) is 4.98 Å². The van der Waals surface area contributed by atoms with Crippen molar-refractivity contribution in [1.29, 1.82) is 0 Å². The molecule has 2 N–H and O–H groups in total. The third kappa shape index (κ3) is 3.49. The Hall–Kier alpha value is -3.03. The van der Waals surface area contributed by atoms with E-state index in [2.05, 4.69) is 20.2 Å². The van der Waals surface area contributed by atoms with Gasteiger partial charge in [0.25, 0.3) is 0 Å². The zero-order chi connectivity index (χ0) is 17.9. The molecule has 2 aliphatic heterocycles. The predicted molar refractivity (Wildman–Crippen MR) is 95.3 cm³/mol.